The lowest BCUT2D eigenvalue weighted by molar-refractivity contribution is -0.135. The maximum atomic E-state index is 12.8. The van der Waals surface area contributed by atoms with Gasteiger partial charge in [0, 0.05) is 45.1 Å². The summed E-state index contributed by atoms with van der Waals surface area (Å²) in [5.74, 6) is 2.98. The van der Waals surface area contributed by atoms with Gasteiger partial charge in [-0.15, -0.1) is 0 Å². The summed E-state index contributed by atoms with van der Waals surface area (Å²) in [6, 6.07) is 0.173. The van der Waals surface area contributed by atoms with Gasteiger partial charge in [-0.25, -0.2) is 14.8 Å². The molecule has 2 aromatic heterocycles. The predicted octanol–water partition coefficient (Wildman–Crippen LogP) is 4.15. The highest BCUT2D eigenvalue weighted by atomic mass is 16.6. The molecule has 0 unspecified atom stereocenters. The number of hydrogen-bond acceptors (Lipinski definition) is 11. The molecule has 0 aromatic carbocycles. The van der Waals surface area contributed by atoms with Gasteiger partial charge in [0.15, 0.2) is 11.6 Å². The molecule has 242 valence electrons. The fourth-order valence-corrected chi connectivity index (χ4v) is 6.16. The van der Waals surface area contributed by atoms with Gasteiger partial charge in [-0.2, -0.15) is 4.98 Å². The van der Waals surface area contributed by atoms with Gasteiger partial charge < -0.3 is 34.0 Å². The Labute approximate surface area is 260 Å². The van der Waals surface area contributed by atoms with Crippen LogP contribution in [-0.2, 0) is 9.53 Å². The van der Waals surface area contributed by atoms with E-state index in [-0.39, 0.29) is 23.9 Å². The van der Waals surface area contributed by atoms with Crippen molar-refractivity contribution in [2.45, 2.75) is 103 Å². The first-order valence-electron chi connectivity index (χ1n) is 16.1. The number of aromatic nitrogens is 4. The van der Waals surface area contributed by atoms with Gasteiger partial charge in [-0.05, 0) is 65.2 Å². The minimum absolute atomic E-state index is 0.126. The third kappa shape index (κ3) is 8.29. The summed E-state index contributed by atoms with van der Waals surface area (Å²) in [6.45, 7) is 13.8. The molecular weight excluding hydrogens is 564 g/mol. The molecule has 0 radical (unpaired) electrons. The fourth-order valence-electron chi connectivity index (χ4n) is 6.16. The summed E-state index contributed by atoms with van der Waals surface area (Å²) in [5, 5.41) is 7.09. The van der Waals surface area contributed by atoms with E-state index in [2.05, 4.69) is 44.2 Å². The Hall–Kier alpha value is -3.64. The highest BCUT2D eigenvalue weighted by molar-refractivity contribution is 5.78. The summed E-state index contributed by atoms with van der Waals surface area (Å²) in [4.78, 5) is 45.1. The molecule has 3 aliphatic heterocycles. The normalized spacial score (nSPS) is 21.7. The van der Waals surface area contributed by atoms with Crippen molar-refractivity contribution in [3.8, 4) is 5.75 Å². The molecule has 3 aliphatic rings. The molecule has 2 aromatic rings. The number of amides is 2. The van der Waals surface area contributed by atoms with Crippen molar-refractivity contribution in [1.82, 2.24) is 30.3 Å². The average Bonchev–Trinajstić information content (AvgIpc) is 3.64. The molecule has 3 saturated heterocycles. The smallest absolute Gasteiger partial charge is 0.408 e. The molecular formula is C31H48N8O5. The van der Waals surface area contributed by atoms with E-state index in [9.17, 15) is 9.59 Å². The minimum Gasteiger partial charge on any atom is -0.490 e. The first kappa shape index (κ1) is 31.8. The van der Waals surface area contributed by atoms with Crippen LogP contribution in [0.25, 0.3) is 0 Å². The summed E-state index contributed by atoms with van der Waals surface area (Å²) in [6.07, 6.45) is 9.57. The Balaban J connectivity index is 1.08. The molecule has 0 spiro atoms. The van der Waals surface area contributed by atoms with Crippen LogP contribution < -0.4 is 19.9 Å². The van der Waals surface area contributed by atoms with Crippen molar-refractivity contribution >= 4 is 24.0 Å². The van der Waals surface area contributed by atoms with Crippen molar-refractivity contribution in [2.24, 2.45) is 5.92 Å². The zero-order valence-electron chi connectivity index (χ0n) is 26.8. The van der Waals surface area contributed by atoms with Gasteiger partial charge in [-0.1, -0.05) is 19.0 Å². The number of piperidine rings is 2. The van der Waals surface area contributed by atoms with Crippen molar-refractivity contribution in [2.75, 3.05) is 49.1 Å². The molecule has 13 heteroatoms. The number of carbonyl (C=O) groups excluding carboxylic acids is 2. The lowest BCUT2D eigenvalue weighted by atomic mass is 9.92. The van der Waals surface area contributed by atoms with Gasteiger partial charge in [0.2, 0.25) is 11.9 Å². The highest BCUT2D eigenvalue weighted by Gasteiger charge is 2.41. The monoisotopic (exact) mass is 612 g/mol. The van der Waals surface area contributed by atoms with Gasteiger partial charge in [0.05, 0.1) is 31.1 Å². The first-order chi connectivity index (χ1) is 21.1. The van der Waals surface area contributed by atoms with Gasteiger partial charge in [0.25, 0.3) is 0 Å². The predicted molar refractivity (Wildman–Crippen MR) is 165 cm³/mol. The van der Waals surface area contributed by atoms with Crippen molar-refractivity contribution in [1.29, 1.82) is 0 Å². The largest absolute Gasteiger partial charge is 0.490 e. The number of likely N-dealkylation sites (tertiary alicyclic amines) is 1. The number of alkyl carbamates (subject to hydrolysis) is 1. The van der Waals surface area contributed by atoms with E-state index in [0.29, 0.717) is 56.3 Å². The van der Waals surface area contributed by atoms with E-state index < -0.39 is 11.7 Å². The maximum absolute atomic E-state index is 12.8. The van der Waals surface area contributed by atoms with E-state index in [1.807, 2.05) is 30.6 Å². The number of ether oxygens (including phenoxy) is 2. The Bertz CT molecular complexity index is 1240. The summed E-state index contributed by atoms with van der Waals surface area (Å²) in [5.41, 5.74) is -0.608. The first-order valence-corrected chi connectivity index (χ1v) is 16.1. The van der Waals surface area contributed by atoms with Gasteiger partial charge in [0.1, 0.15) is 5.60 Å². The molecule has 0 aliphatic carbocycles. The quantitative estimate of drug-likeness (QED) is 0.387. The number of carbonyl (C=O) groups is 2. The number of rotatable bonds is 10. The average molecular weight is 613 g/mol. The third-order valence-corrected chi connectivity index (χ3v) is 8.51. The number of nitrogens with zero attached hydrogens (tertiary/aromatic N) is 7. The van der Waals surface area contributed by atoms with Crippen LogP contribution >= 0.6 is 0 Å². The molecule has 44 heavy (non-hydrogen) atoms. The van der Waals surface area contributed by atoms with Crippen LogP contribution in [0.1, 0.15) is 91.3 Å². The second-order valence-electron chi connectivity index (χ2n) is 13.5. The molecule has 1 N–H and O–H groups in total. The molecule has 5 heterocycles. The maximum Gasteiger partial charge on any atom is 0.408 e. The number of hydrogen-bond donors (Lipinski definition) is 1. The van der Waals surface area contributed by atoms with Crippen LogP contribution in [0.15, 0.2) is 16.9 Å². The highest BCUT2D eigenvalue weighted by Crippen LogP contribution is 2.27. The topological polar surface area (TPSA) is 139 Å². The van der Waals surface area contributed by atoms with Crippen LogP contribution in [0, 0.1) is 5.92 Å². The molecule has 0 saturated carbocycles. The molecule has 0 bridgehead atoms. The van der Waals surface area contributed by atoms with Crippen molar-refractivity contribution < 1.29 is 23.6 Å². The van der Waals surface area contributed by atoms with E-state index in [1.54, 1.807) is 12.4 Å². The molecule has 2 amide bonds. The van der Waals surface area contributed by atoms with E-state index >= 15 is 0 Å². The summed E-state index contributed by atoms with van der Waals surface area (Å²) >= 11 is 0. The summed E-state index contributed by atoms with van der Waals surface area (Å²) in [7, 11) is 0. The Kier molecular flexibility index (Phi) is 10.1. The lowest BCUT2D eigenvalue weighted by Crippen LogP contribution is -2.54. The van der Waals surface area contributed by atoms with Crippen LogP contribution in [-0.4, -0.2) is 94.0 Å². The lowest BCUT2D eigenvalue weighted by Gasteiger charge is -2.35. The van der Waals surface area contributed by atoms with Gasteiger partial charge in [-0.3, -0.25) is 4.79 Å². The second-order valence-corrected chi connectivity index (χ2v) is 13.5. The zero-order valence-corrected chi connectivity index (χ0v) is 26.8. The molecule has 3 fully saturated rings. The van der Waals surface area contributed by atoms with E-state index in [0.717, 1.165) is 57.4 Å². The molecule has 13 nitrogen and oxygen atoms in total. The molecule has 5 rings (SSSR count). The van der Waals surface area contributed by atoms with Crippen LogP contribution in [0.3, 0.4) is 0 Å². The Morgan fingerprint density at radius 1 is 1.09 bits per heavy atom. The van der Waals surface area contributed by atoms with Crippen LogP contribution in [0.5, 0.6) is 5.75 Å². The zero-order chi connectivity index (χ0) is 31.3. The standard InChI is InChI=1S/C31H48N8O5/c1-21(2)27-35-29(44-36-27)37-14-11-22(12-15-37)9-8-16-42-23-17-32-28(33-18-23)38-19-24(34-30(41)43-31(3,4)5)25(20-38)39-13-7-6-10-26(39)40/h17-18,21-22,24-25H,6-16,19-20H2,1-5H3,(H,34,41)/t24-,25+/m0/s1. The van der Waals surface area contributed by atoms with Crippen molar-refractivity contribution in [3.63, 3.8) is 0 Å². The molecule has 2 atom stereocenters. The summed E-state index contributed by atoms with van der Waals surface area (Å²) < 4.78 is 16.9. The second kappa shape index (κ2) is 14.0. The third-order valence-electron chi connectivity index (χ3n) is 8.51. The van der Waals surface area contributed by atoms with E-state index in [4.69, 9.17) is 14.0 Å². The van der Waals surface area contributed by atoms with E-state index in [1.165, 1.54) is 0 Å². The Morgan fingerprint density at radius 3 is 2.50 bits per heavy atom. The fraction of sp³-hybridized carbons (Fsp3) is 0.742. The van der Waals surface area contributed by atoms with Gasteiger partial charge >= 0.3 is 12.1 Å². The number of nitrogens with one attached hydrogen (secondary N) is 1. The SMILES string of the molecule is CC(C)c1noc(N2CCC(CCCOc3cnc(N4C[C@H](NC(=O)OC(C)(C)C)[C@H](N5CCCCC5=O)C4)nc3)CC2)n1. The minimum atomic E-state index is -0.608. The Morgan fingerprint density at radius 2 is 1.84 bits per heavy atom. The number of anilines is 2. The van der Waals surface area contributed by atoms with Crippen molar-refractivity contribution in [3.05, 3.63) is 18.2 Å². The van der Waals surface area contributed by atoms with Crippen LogP contribution in [0.2, 0.25) is 0 Å². The van der Waals surface area contributed by atoms with Crippen LogP contribution in [0.4, 0.5) is 16.8 Å².